The number of halogens is 1. The van der Waals surface area contributed by atoms with Crippen LogP contribution in [0.25, 0.3) is 0 Å². The fraction of sp³-hybridized carbons (Fsp3) is 0.583. The highest BCUT2D eigenvalue weighted by Gasteiger charge is 2.23. The minimum Gasteiger partial charge on any atom is -0.317 e. The summed E-state index contributed by atoms with van der Waals surface area (Å²) in [5.41, 5.74) is 1.24. The minimum atomic E-state index is 0.704. The van der Waals surface area contributed by atoms with Crippen molar-refractivity contribution in [1.82, 2.24) is 10.3 Å². The van der Waals surface area contributed by atoms with E-state index in [1.54, 1.807) is 6.20 Å². The zero-order valence-corrected chi connectivity index (χ0v) is 9.80. The average Bonchev–Trinajstić information content (AvgIpc) is 2.69. The highest BCUT2D eigenvalue weighted by atomic mass is 35.5. The zero-order chi connectivity index (χ0) is 10.7. The highest BCUT2D eigenvalue weighted by Crippen LogP contribution is 2.30. The van der Waals surface area contributed by atoms with Crippen molar-refractivity contribution in [1.29, 1.82) is 0 Å². The largest absolute Gasteiger partial charge is 0.317 e. The molecule has 1 aromatic rings. The van der Waals surface area contributed by atoms with E-state index in [2.05, 4.69) is 10.3 Å². The highest BCUT2D eigenvalue weighted by molar-refractivity contribution is 6.31. The summed E-state index contributed by atoms with van der Waals surface area (Å²) in [6.07, 6.45) is 8.54. The van der Waals surface area contributed by atoms with Crippen molar-refractivity contribution < 1.29 is 0 Å². The molecule has 1 aliphatic rings. The van der Waals surface area contributed by atoms with E-state index < -0.39 is 0 Å². The van der Waals surface area contributed by atoms with Gasteiger partial charge in [-0.05, 0) is 50.3 Å². The van der Waals surface area contributed by atoms with E-state index in [0.29, 0.717) is 6.04 Å². The summed E-state index contributed by atoms with van der Waals surface area (Å²) in [5, 5.41) is 4.16. The fourth-order valence-corrected chi connectivity index (χ4v) is 2.60. The van der Waals surface area contributed by atoms with E-state index in [1.807, 2.05) is 19.3 Å². The molecule has 1 aliphatic carbocycles. The van der Waals surface area contributed by atoms with E-state index >= 15 is 0 Å². The summed E-state index contributed by atoms with van der Waals surface area (Å²) < 4.78 is 0. The van der Waals surface area contributed by atoms with Crippen molar-refractivity contribution >= 4 is 11.6 Å². The Bertz CT molecular complexity index is 327. The smallest absolute Gasteiger partial charge is 0.0621 e. The van der Waals surface area contributed by atoms with Crippen molar-refractivity contribution in [2.24, 2.45) is 5.92 Å². The van der Waals surface area contributed by atoms with Crippen LogP contribution in [0.2, 0.25) is 5.02 Å². The number of pyridine rings is 1. The summed E-state index contributed by atoms with van der Waals surface area (Å²) in [6, 6.07) is 2.74. The molecule has 0 aliphatic heterocycles. The first-order valence-electron chi connectivity index (χ1n) is 5.55. The van der Waals surface area contributed by atoms with Crippen molar-refractivity contribution in [3.8, 4) is 0 Å². The summed E-state index contributed by atoms with van der Waals surface area (Å²) in [7, 11) is 2.05. The topological polar surface area (TPSA) is 24.9 Å². The second-order valence-corrected chi connectivity index (χ2v) is 4.74. The Hall–Kier alpha value is -0.600. The van der Waals surface area contributed by atoms with Crippen LogP contribution in [0, 0.1) is 5.92 Å². The maximum absolute atomic E-state index is 6.09. The third kappa shape index (κ3) is 2.70. The summed E-state index contributed by atoms with van der Waals surface area (Å²) in [5.74, 6) is 0.780. The van der Waals surface area contributed by atoms with Gasteiger partial charge in [-0.1, -0.05) is 11.6 Å². The summed E-state index contributed by atoms with van der Waals surface area (Å²) >= 11 is 6.09. The molecular weight excluding hydrogens is 208 g/mol. The van der Waals surface area contributed by atoms with Crippen LogP contribution in [-0.2, 0) is 6.42 Å². The third-order valence-corrected chi connectivity index (χ3v) is 3.65. The van der Waals surface area contributed by atoms with E-state index in [0.717, 1.165) is 17.4 Å². The maximum atomic E-state index is 6.09. The van der Waals surface area contributed by atoms with Gasteiger partial charge in [0.25, 0.3) is 0 Å². The molecule has 0 saturated heterocycles. The lowest BCUT2D eigenvalue weighted by Crippen LogP contribution is -2.21. The standard InChI is InChI=1S/C12H17ClN2/c1-14-11-3-2-9(7-11)6-10-4-5-15-8-12(10)13/h4-5,8-9,11,14H,2-3,6-7H2,1H3. The van der Waals surface area contributed by atoms with Gasteiger partial charge in [0, 0.05) is 18.4 Å². The van der Waals surface area contributed by atoms with Gasteiger partial charge in [-0.25, -0.2) is 0 Å². The number of hydrogen-bond donors (Lipinski definition) is 1. The molecule has 1 aromatic heterocycles. The van der Waals surface area contributed by atoms with Gasteiger partial charge in [0.05, 0.1) is 5.02 Å². The van der Waals surface area contributed by atoms with Crippen LogP contribution in [0.1, 0.15) is 24.8 Å². The number of aromatic nitrogens is 1. The molecule has 2 unspecified atom stereocenters. The molecule has 2 nitrogen and oxygen atoms in total. The van der Waals surface area contributed by atoms with Gasteiger partial charge < -0.3 is 5.32 Å². The third-order valence-electron chi connectivity index (χ3n) is 3.31. The Morgan fingerprint density at radius 1 is 1.53 bits per heavy atom. The van der Waals surface area contributed by atoms with Gasteiger partial charge in [0.1, 0.15) is 0 Å². The van der Waals surface area contributed by atoms with Gasteiger partial charge >= 0.3 is 0 Å². The lowest BCUT2D eigenvalue weighted by molar-refractivity contribution is 0.510. The van der Waals surface area contributed by atoms with Crippen LogP contribution in [-0.4, -0.2) is 18.1 Å². The lowest BCUT2D eigenvalue weighted by atomic mass is 9.98. The van der Waals surface area contributed by atoms with Crippen LogP contribution in [0.4, 0.5) is 0 Å². The van der Waals surface area contributed by atoms with Crippen LogP contribution in [0.3, 0.4) is 0 Å². The minimum absolute atomic E-state index is 0.704. The molecule has 1 fully saturated rings. The molecule has 1 N–H and O–H groups in total. The Balaban J connectivity index is 1.96. The zero-order valence-electron chi connectivity index (χ0n) is 9.04. The van der Waals surface area contributed by atoms with Crippen LogP contribution >= 0.6 is 11.6 Å². The van der Waals surface area contributed by atoms with E-state index in [4.69, 9.17) is 11.6 Å². The lowest BCUT2D eigenvalue weighted by Gasteiger charge is -2.11. The molecular formula is C12H17ClN2. The Kier molecular flexibility index (Phi) is 3.60. The molecule has 0 radical (unpaired) electrons. The molecule has 3 heteroatoms. The quantitative estimate of drug-likeness (QED) is 0.854. The normalized spacial score (nSPS) is 25.7. The molecule has 1 heterocycles. The van der Waals surface area contributed by atoms with Crippen molar-refractivity contribution in [3.05, 3.63) is 29.0 Å². The molecule has 1 saturated carbocycles. The molecule has 0 bridgehead atoms. The molecule has 0 aromatic carbocycles. The molecule has 82 valence electrons. The first-order valence-corrected chi connectivity index (χ1v) is 5.93. The Labute approximate surface area is 96.1 Å². The van der Waals surface area contributed by atoms with Crippen molar-refractivity contribution in [2.75, 3.05) is 7.05 Å². The monoisotopic (exact) mass is 224 g/mol. The summed E-state index contributed by atoms with van der Waals surface area (Å²) in [4.78, 5) is 4.01. The van der Waals surface area contributed by atoms with E-state index in [9.17, 15) is 0 Å². The van der Waals surface area contributed by atoms with Crippen LogP contribution in [0.5, 0.6) is 0 Å². The number of hydrogen-bond acceptors (Lipinski definition) is 2. The molecule has 2 atom stereocenters. The fourth-order valence-electron chi connectivity index (χ4n) is 2.40. The Morgan fingerprint density at radius 3 is 3.07 bits per heavy atom. The number of nitrogens with zero attached hydrogens (tertiary/aromatic N) is 1. The predicted octanol–water partition coefficient (Wildman–Crippen LogP) is 2.67. The molecule has 15 heavy (non-hydrogen) atoms. The SMILES string of the molecule is CNC1CCC(Cc2ccncc2Cl)C1. The van der Waals surface area contributed by atoms with Gasteiger partial charge in [0.2, 0.25) is 0 Å². The molecule has 2 rings (SSSR count). The second-order valence-electron chi connectivity index (χ2n) is 4.34. The predicted molar refractivity (Wildman–Crippen MR) is 63.1 cm³/mol. The molecule has 0 amide bonds. The summed E-state index contributed by atoms with van der Waals surface area (Å²) in [6.45, 7) is 0. The van der Waals surface area contributed by atoms with Crippen LogP contribution < -0.4 is 5.32 Å². The first-order chi connectivity index (χ1) is 7.29. The van der Waals surface area contributed by atoms with Crippen molar-refractivity contribution in [2.45, 2.75) is 31.7 Å². The molecule has 0 spiro atoms. The van der Waals surface area contributed by atoms with E-state index in [1.165, 1.54) is 24.8 Å². The van der Waals surface area contributed by atoms with Gasteiger partial charge in [-0.15, -0.1) is 0 Å². The van der Waals surface area contributed by atoms with Crippen LogP contribution in [0.15, 0.2) is 18.5 Å². The average molecular weight is 225 g/mol. The first kappa shape index (κ1) is 10.9. The maximum Gasteiger partial charge on any atom is 0.0621 e. The Morgan fingerprint density at radius 2 is 2.40 bits per heavy atom. The van der Waals surface area contributed by atoms with Crippen molar-refractivity contribution in [3.63, 3.8) is 0 Å². The number of rotatable bonds is 3. The number of nitrogens with one attached hydrogen (secondary N) is 1. The van der Waals surface area contributed by atoms with E-state index in [-0.39, 0.29) is 0 Å². The van der Waals surface area contributed by atoms with Gasteiger partial charge in [0.15, 0.2) is 0 Å². The van der Waals surface area contributed by atoms with Gasteiger partial charge in [-0.2, -0.15) is 0 Å². The van der Waals surface area contributed by atoms with Gasteiger partial charge in [-0.3, -0.25) is 4.98 Å². The second kappa shape index (κ2) is 4.95.